The zero-order chi connectivity index (χ0) is 18.1. The average Bonchev–Trinajstić information content (AvgIpc) is 2.44. The molecule has 0 radical (unpaired) electrons. The minimum Gasteiger partial charge on any atom is -0.465 e. The highest BCUT2D eigenvalue weighted by Gasteiger charge is 2.33. The summed E-state index contributed by atoms with van der Waals surface area (Å²) in [7, 11) is 1.27. The molecule has 0 saturated heterocycles. The van der Waals surface area contributed by atoms with Gasteiger partial charge in [0, 0.05) is 12.1 Å². The second-order valence-electron chi connectivity index (χ2n) is 7.69. The lowest BCUT2D eigenvalue weighted by molar-refractivity contribution is -0.384. The molecule has 1 aromatic carbocycles. The molecule has 6 heteroatoms. The van der Waals surface area contributed by atoms with Gasteiger partial charge in [-0.15, -0.1) is 0 Å². The van der Waals surface area contributed by atoms with Crippen molar-refractivity contribution in [2.45, 2.75) is 53.0 Å². The number of hydrogen-bond acceptors (Lipinski definition) is 5. The van der Waals surface area contributed by atoms with Gasteiger partial charge in [0.25, 0.3) is 5.69 Å². The van der Waals surface area contributed by atoms with E-state index in [0.29, 0.717) is 17.2 Å². The Labute approximate surface area is 142 Å². The van der Waals surface area contributed by atoms with Crippen molar-refractivity contribution in [3.63, 3.8) is 0 Å². The lowest BCUT2D eigenvalue weighted by atomic mass is 9.70. The maximum Gasteiger partial charge on any atom is 0.338 e. The van der Waals surface area contributed by atoms with Gasteiger partial charge in [-0.05, 0) is 49.1 Å². The van der Waals surface area contributed by atoms with Crippen LogP contribution in [0.25, 0.3) is 0 Å². The number of carbonyl (C=O) groups excluding carboxylic acids is 1. The summed E-state index contributed by atoms with van der Waals surface area (Å²) in [6, 6.07) is 3.17. The molecule has 0 aromatic heterocycles. The molecule has 1 aliphatic rings. The van der Waals surface area contributed by atoms with Crippen LogP contribution in [0.3, 0.4) is 0 Å². The van der Waals surface area contributed by atoms with Crippen LogP contribution in [-0.2, 0) is 4.74 Å². The highest BCUT2D eigenvalue weighted by Crippen LogP contribution is 2.40. The number of anilines is 1. The van der Waals surface area contributed by atoms with Crippen molar-refractivity contribution in [3.05, 3.63) is 33.4 Å². The van der Waals surface area contributed by atoms with Gasteiger partial charge in [-0.3, -0.25) is 10.1 Å². The molecule has 1 fully saturated rings. The topological polar surface area (TPSA) is 81.5 Å². The van der Waals surface area contributed by atoms with Crippen LogP contribution in [0.2, 0.25) is 0 Å². The Morgan fingerprint density at radius 3 is 2.58 bits per heavy atom. The lowest BCUT2D eigenvalue weighted by Gasteiger charge is -2.39. The average molecular weight is 334 g/mol. The summed E-state index contributed by atoms with van der Waals surface area (Å²) in [5.74, 6) is 0.00955. The van der Waals surface area contributed by atoms with E-state index in [1.807, 2.05) is 0 Å². The number of nitrogens with zero attached hydrogens (tertiary/aromatic N) is 1. The summed E-state index contributed by atoms with van der Waals surface area (Å²) < 4.78 is 4.70. The number of hydrogen-bond donors (Lipinski definition) is 1. The Morgan fingerprint density at radius 1 is 1.38 bits per heavy atom. The van der Waals surface area contributed by atoms with Gasteiger partial charge < -0.3 is 10.1 Å². The Kier molecular flexibility index (Phi) is 5.16. The van der Waals surface area contributed by atoms with E-state index in [1.165, 1.54) is 13.2 Å². The van der Waals surface area contributed by atoms with Crippen LogP contribution in [0, 0.1) is 28.4 Å². The van der Waals surface area contributed by atoms with Crippen LogP contribution < -0.4 is 5.32 Å². The minimum atomic E-state index is -0.561. The normalized spacial score (nSPS) is 22.7. The number of nitro benzene ring substituents is 1. The summed E-state index contributed by atoms with van der Waals surface area (Å²) in [6.07, 6.45) is 3.11. The number of nitrogens with one attached hydrogen (secondary N) is 1. The number of aryl methyl sites for hydroxylation is 1. The van der Waals surface area contributed by atoms with E-state index in [1.54, 1.807) is 13.0 Å². The molecule has 0 heterocycles. The van der Waals surface area contributed by atoms with Gasteiger partial charge >= 0.3 is 5.97 Å². The second kappa shape index (κ2) is 6.79. The fraction of sp³-hybridized carbons (Fsp3) is 0.611. The highest BCUT2D eigenvalue weighted by atomic mass is 16.6. The van der Waals surface area contributed by atoms with E-state index in [9.17, 15) is 14.9 Å². The highest BCUT2D eigenvalue weighted by molar-refractivity contribution is 5.93. The molecule has 0 bridgehead atoms. The molecule has 0 aliphatic heterocycles. The van der Waals surface area contributed by atoms with E-state index < -0.39 is 10.9 Å². The van der Waals surface area contributed by atoms with E-state index >= 15 is 0 Å². The monoisotopic (exact) mass is 334 g/mol. The molecule has 6 nitrogen and oxygen atoms in total. The first-order valence-corrected chi connectivity index (χ1v) is 8.27. The first kappa shape index (κ1) is 18.2. The number of carbonyl (C=O) groups is 1. The number of ether oxygens (including phenoxy) is 1. The van der Waals surface area contributed by atoms with Crippen molar-refractivity contribution in [1.82, 2.24) is 0 Å². The number of benzene rings is 1. The van der Waals surface area contributed by atoms with Gasteiger partial charge in [-0.1, -0.05) is 20.8 Å². The van der Waals surface area contributed by atoms with Crippen molar-refractivity contribution >= 4 is 17.3 Å². The van der Waals surface area contributed by atoms with Crippen LogP contribution in [-0.4, -0.2) is 24.0 Å². The van der Waals surface area contributed by atoms with Crippen LogP contribution in [0.15, 0.2) is 12.1 Å². The molecule has 2 rings (SSSR count). The summed E-state index contributed by atoms with van der Waals surface area (Å²) >= 11 is 0. The molecule has 0 unspecified atom stereocenters. The standard InChI is InChI=1S/C18H26N2O4/c1-11-6-13(10-18(3,4)9-11)19-15-7-12(2)14(17(21)24-5)8-16(15)20(22)23/h7-8,11,13,19H,6,9-10H2,1-5H3/t11-,13-/m0/s1. The van der Waals surface area contributed by atoms with Crippen LogP contribution >= 0.6 is 0 Å². The van der Waals surface area contributed by atoms with Crippen LogP contribution in [0.4, 0.5) is 11.4 Å². The number of rotatable bonds is 4. The van der Waals surface area contributed by atoms with Crippen molar-refractivity contribution in [2.24, 2.45) is 11.3 Å². The first-order chi connectivity index (χ1) is 11.1. The SMILES string of the molecule is COC(=O)c1cc([N+](=O)[O-])c(N[C@H]2C[C@H](C)CC(C)(C)C2)cc1C. The van der Waals surface area contributed by atoms with Gasteiger partial charge in [0.15, 0.2) is 0 Å². The van der Waals surface area contributed by atoms with Gasteiger partial charge in [0.05, 0.1) is 17.6 Å². The number of esters is 1. The lowest BCUT2D eigenvalue weighted by Crippen LogP contribution is -2.35. The molecule has 0 amide bonds. The van der Waals surface area contributed by atoms with Crippen molar-refractivity contribution < 1.29 is 14.5 Å². The zero-order valence-electron chi connectivity index (χ0n) is 15.0. The maximum atomic E-state index is 11.8. The third kappa shape index (κ3) is 4.04. The first-order valence-electron chi connectivity index (χ1n) is 8.27. The number of methoxy groups -OCH3 is 1. The largest absolute Gasteiger partial charge is 0.465 e. The third-order valence-corrected chi connectivity index (χ3v) is 4.69. The predicted molar refractivity (Wildman–Crippen MR) is 93.4 cm³/mol. The Bertz CT molecular complexity index is 655. The molecule has 1 saturated carbocycles. The Morgan fingerprint density at radius 2 is 2.04 bits per heavy atom. The van der Waals surface area contributed by atoms with Crippen molar-refractivity contribution in [2.75, 3.05) is 12.4 Å². The van der Waals surface area contributed by atoms with Crippen LogP contribution in [0.5, 0.6) is 0 Å². The van der Waals surface area contributed by atoms with Crippen molar-refractivity contribution in [1.29, 1.82) is 0 Å². The van der Waals surface area contributed by atoms with Gasteiger partial charge in [0.1, 0.15) is 5.69 Å². The molecule has 132 valence electrons. The second-order valence-corrected chi connectivity index (χ2v) is 7.69. The van der Waals surface area contributed by atoms with E-state index in [4.69, 9.17) is 4.74 Å². The quantitative estimate of drug-likeness (QED) is 0.504. The molecule has 1 N–H and O–H groups in total. The van der Waals surface area contributed by atoms with E-state index in [2.05, 4.69) is 26.1 Å². The van der Waals surface area contributed by atoms with E-state index in [-0.39, 0.29) is 22.7 Å². The molecular weight excluding hydrogens is 308 g/mol. The molecule has 1 aromatic rings. The molecule has 1 aliphatic carbocycles. The fourth-order valence-electron chi connectivity index (χ4n) is 3.97. The Balaban J connectivity index is 2.34. The third-order valence-electron chi connectivity index (χ3n) is 4.69. The van der Waals surface area contributed by atoms with Crippen molar-refractivity contribution in [3.8, 4) is 0 Å². The molecule has 24 heavy (non-hydrogen) atoms. The molecule has 0 spiro atoms. The fourth-order valence-corrected chi connectivity index (χ4v) is 3.97. The smallest absolute Gasteiger partial charge is 0.338 e. The Hall–Kier alpha value is -2.11. The minimum absolute atomic E-state index is 0.0861. The summed E-state index contributed by atoms with van der Waals surface area (Å²) in [5.41, 5.74) is 1.49. The summed E-state index contributed by atoms with van der Waals surface area (Å²) in [4.78, 5) is 22.8. The maximum absolute atomic E-state index is 11.8. The molecular formula is C18H26N2O4. The predicted octanol–water partition coefficient (Wildman–Crippen LogP) is 4.32. The molecule has 2 atom stereocenters. The van der Waals surface area contributed by atoms with Gasteiger partial charge in [-0.25, -0.2) is 4.79 Å². The summed E-state index contributed by atoms with van der Waals surface area (Å²) in [5, 5.41) is 14.8. The number of nitro groups is 1. The van der Waals surface area contributed by atoms with Gasteiger partial charge in [0.2, 0.25) is 0 Å². The van der Waals surface area contributed by atoms with E-state index in [0.717, 1.165) is 19.3 Å². The van der Waals surface area contributed by atoms with Gasteiger partial charge in [-0.2, -0.15) is 0 Å². The summed E-state index contributed by atoms with van der Waals surface area (Å²) in [6.45, 7) is 8.44. The van der Waals surface area contributed by atoms with Crippen LogP contribution in [0.1, 0.15) is 56.0 Å². The zero-order valence-corrected chi connectivity index (χ0v) is 15.0.